The minimum Gasteiger partial charge on any atom is -0.467 e. The zero-order chi connectivity index (χ0) is 18.4. The molecule has 1 N–H and O–H groups in total. The molecule has 0 radical (unpaired) electrons. The van der Waals surface area contributed by atoms with Gasteiger partial charge in [-0.3, -0.25) is 9.59 Å². The second kappa shape index (κ2) is 8.69. The van der Waals surface area contributed by atoms with E-state index in [2.05, 4.69) is 5.32 Å². The van der Waals surface area contributed by atoms with Gasteiger partial charge in [0.15, 0.2) is 5.76 Å². The SMILES string of the molecule is COC(=O)C(CC(C)C)NC(=O)C1CCN(C(=O)c2ccco2)CC1. The normalized spacial score (nSPS) is 16.6. The van der Waals surface area contributed by atoms with Crippen molar-refractivity contribution >= 4 is 17.8 Å². The number of piperidine rings is 1. The molecule has 0 aromatic carbocycles. The highest BCUT2D eigenvalue weighted by Crippen LogP contribution is 2.20. The minimum atomic E-state index is -0.625. The lowest BCUT2D eigenvalue weighted by Crippen LogP contribution is -2.48. The van der Waals surface area contributed by atoms with Gasteiger partial charge in [0.05, 0.1) is 13.4 Å². The van der Waals surface area contributed by atoms with Crippen LogP contribution in [-0.4, -0.2) is 48.9 Å². The molecule has 0 spiro atoms. The van der Waals surface area contributed by atoms with Gasteiger partial charge < -0.3 is 19.4 Å². The van der Waals surface area contributed by atoms with Crippen LogP contribution in [0, 0.1) is 11.8 Å². The first-order chi connectivity index (χ1) is 11.9. The van der Waals surface area contributed by atoms with Crippen LogP contribution >= 0.6 is 0 Å². The van der Waals surface area contributed by atoms with Crippen molar-refractivity contribution in [3.8, 4) is 0 Å². The second-order valence-corrected chi connectivity index (χ2v) is 6.76. The summed E-state index contributed by atoms with van der Waals surface area (Å²) in [6.45, 7) is 4.96. The van der Waals surface area contributed by atoms with Gasteiger partial charge >= 0.3 is 5.97 Å². The lowest BCUT2D eigenvalue weighted by molar-refractivity contribution is -0.146. The molecule has 0 aliphatic carbocycles. The molecular formula is C18H26N2O5. The predicted molar refractivity (Wildman–Crippen MR) is 90.7 cm³/mol. The first-order valence-corrected chi connectivity index (χ1v) is 8.63. The molecule has 1 aromatic heterocycles. The van der Waals surface area contributed by atoms with Crippen molar-refractivity contribution in [1.82, 2.24) is 10.2 Å². The summed E-state index contributed by atoms with van der Waals surface area (Å²) in [4.78, 5) is 38.2. The van der Waals surface area contributed by atoms with Crippen molar-refractivity contribution in [3.05, 3.63) is 24.2 Å². The number of methoxy groups -OCH3 is 1. The van der Waals surface area contributed by atoms with Gasteiger partial charge in [-0.1, -0.05) is 13.8 Å². The highest BCUT2D eigenvalue weighted by atomic mass is 16.5. The Hall–Kier alpha value is -2.31. The highest BCUT2D eigenvalue weighted by Gasteiger charge is 2.31. The van der Waals surface area contributed by atoms with Gasteiger partial charge in [0.2, 0.25) is 5.91 Å². The van der Waals surface area contributed by atoms with Crippen LogP contribution in [0.5, 0.6) is 0 Å². The van der Waals surface area contributed by atoms with Crippen LogP contribution in [0.1, 0.15) is 43.7 Å². The number of nitrogens with zero attached hydrogens (tertiary/aromatic N) is 1. The molecule has 1 fully saturated rings. The first-order valence-electron chi connectivity index (χ1n) is 8.63. The maximum Gasteiger partial charge on any atom is 0.328 e. The van der Waals surface area contributed by atoms with Crippen molar-refractivity contribution in [2.75, 3.05) is 20.2 Å². The van der Waals surface area contributed by atoms with E-state index in [1.54, 1.807) is 17.0 Å². The number of hydrogen-bond donors (Lipinski definition) is 1. The Morgan fingerprint density at radius 2 is 2.00 bits per heavy atom. The van der Waals surface area contributed by atoms with E-state index in [1.807, 2.05) is 13.8 Å². The quantitative estimate of drug-likeness (QED) is 0.791. The fourth-order valence-electron chi connectivity index (χ4n) is 3.02. The number of nitrogens with one attached hydrogen (secondary N) is 1. The zero-order valence-electron chi connectivity index (χ0n) is 15.0. The molecular weight excluding hydrogens is 324 g/mol. The topological polar surface area (TPSA) is 88.9 Å². The standard InChI is InChI=1S/C18H26N2O5/c1-12(2)11-14(18(23)24-3)19-16(21)13-6-8-20(9-7-13)17(22)15-5-4-10-25-15/h4-5,10,12-14H,6-9,11H2,1-3H3,(H,19,21). The van der Waals surface area contributed by atoms with Gasteiger partial charge in [-0.25, -0.2) is 4.79 Å². The number of furan rings is 1. The second-order valence-electron chi connectivity index (χ2n) is 6.76. The maximum atomic E-state index is 12.5. The summed E-state index contributed by atoms with van der Waals surface area (Å²) in [5.41, 5.74) is 0. The smallest absolute Gasteiger partial charge is 0.328 e. The summed E-state index contributed by atoms with van der Waals surface area (Å²) in [7, 11) is 1.32. The molecule has 1 aromatic rings. The molecule has 1 aliphatic heterocycles. The molecule has 2 rings (SSSR count). The molecule has 1 unspecified atom stereocenters. The van der Waals surface area contributed by atoms with Crippen LogP contribution in [0.4, 0.5) is 0 Å². The summed E-state index contributed by atoms with van der Waals surface area (Å²) >= 11 is 0. The van der Waals surface area contributed by atoms with Gasteiger partial charge in [0, 0.05) is 19.0 Å². The Kier molecular flexibility index (Phi) is 6.61. The van der Waals surface area contributed by atoms with Crippen molar-refractivity contribution in [3.63, 3.8) is 0 Å². The Labute approximate surface area is 147 Å². The van der Waals surface area contributed by atoms with Crippen LogP contribution in [0.3, 0.4) is 0 Å². The van der Waals surface area contributed by atoms with Crippen LogP contribution < -0.4 is 5.32 Å². The molecule has 0 saturated carbocycles. The Morgan fingerprint density at radius 3 is 2.52 bits per heavy atom. The number of amides is 2. The number of esters is 1. The highest BCUT2D eigenvalue weighted by molar-refractivity contribution is 5.91. The van der Waals surface area contributed by atoms with Crippen molar-refractivity contribution in [1.29, 1.82) is 0 Å². The Balaban J connectivity index is 1.87. The summed E-state index contributed by atoms with van der Waals surface area (Å²) in [6.07, 6.45) is 3.13. The van der Waals surface area contributed by atoms with Crippen LogP contribution in [0.25, 0.3) is 0 Å². The van der Waals surface area contributed by atoms with E-state index in [0.717, 1.165) is 0 Å². The number of carbonyl (C=O) groups is 3. The summed E-state index contributed by atoms with van der Waals surface area (Å²) in [5.74, 6) is -0.368. The van der Waals surface area contributed by atoms with Gasteiger partial charge in [0.1, 0.15) is 6.04 Å². The molecule has 2 heterocycles. The van der Waals surface area contributed by atoms with E-state index in [1.165, 1.54) is 13.4 Å². The number of carbonyl (C=O) groups excluding carboxylic acids is 3. The monoisotopic (exact) mass is 350 g/mol. The molecule has 138 valence electrons. The van der Waals surface area contributed by atoms with E-state index in [0.29, 0.717) is 38.1 Å². The maximum absolute atomic E-state index is 12.5. The Bertz CT molecular complexity index is 589. The van der Waals surface area contributed by atoms with Gasteiger partial charge in [-0.15, -0.1) is 0 Å². The molecule has 1 atom stereocenters. The third-order valence-electron chi connectivity index (χ3n) is 4.39. The lowest BCUT2D eigenvalue weighted by atomic mass is 9.94. The number of ether oxygens (including phenoxy) is 1. The van der Waals surface area contributed by atoms with Gasteiger partial charge in [-0.2, -0.15) is 0 Å². The van der Waals surface area contributed by atoms with E-state index in [4.69, 9.17) is 9.15 Å². The predicted octanol–water partition coefficient (Wildman–Crippen LogP) is 1.84. The van der Waals surface area contributed by atoms with E-state index in [9.17, 15) is 14.4 Å². The number of likely N-dealkylation sites (tertiary alicyclic amines) is 1. The largest absolute Gasteiger partial charge is 0.467 e. The third-order valence-corrected chi connectivity index (χ3v) is 4.39. The molecule has 1 saturated heterocycles. The average molecular weight is 350 g/mol. The summed E-state index contributed by atoms with van der Waals surface area (Å²) in [5, 5.41) is 2.80. The fourth-order valence-corrected chi connectivity index (χ4v) is 3.02. The molecule has 7 nitrogen and oxygen atoms in total. The third kappa shape index (κ3) is 5.08. The molecule has 0 bridgehead atoms. The summed E-state index contributed by atoms with van der Waals surface area (Å²) < 4.78 is 9.90. The minimum absolute atomic E-state index is 0.152. The summed E-state index contributed by atoms with van der Waals surface area (Å²) in [6, 6.07) is 2.68. The lowest BCUT2D eigenvalue weighted by Gasteiger charge is -2.31. The van der Waals surface area contributed by atoms with Crippen LogP contribution in [-0.2, 0) is 14.3 Å². The van der Waals surface area contributed by atoms with E-state index in [-0.39, 0.29) is 23.7 Å². The van der Waals surface area contributed by atoms with E-state index >= 15 is 0 Å². The number of hydrogen-bond acceptors (Lipinski definition) is 5. The first kappa shape index (κ1) is 19.0. The Morgan fingerprint density at radius 1 is 1.32 bits per heavy atom. The molecule has 1 aliphatic rings. The molecule has 25 heavy (non-hydrogen) atoms. The molecule has 2 amide bonds. The van der Waals surface area contributed by atoms with Gasteiger partial charge in [-0.05, 0) is 37.3 Å². The fraction of sp³-hybridized carbons (Fsp3) is 0.611. The zero-order valence-corrected chi connectivity index (χ0v) is 15.0. The van der Waals surface area contributed by atoms with Gasteiger partial charge in [0.25, 0.3) is 5.91 Å². The molecule has 7 heteroatoms. The average Bonchev–Trinajstić information content (AvgIpc) is 3.14. The van der Waals surface area contributed by atoms with Crippen LogP contribution in [0.2, 0.25) is 0 Å². The number of rotatable bonds is 6. The van der Waals surface area contributed by atoms with Crippen LogP contribution in [0.15, 0.2) is 22.8 Å². The van der Waals surface area contributed by atoms with Crippen molar-refractivity contribution in [2.45, 2.75) is 39.2 Å². The van der Waals surface area contributed by atoms with Crippen molar-refractivity contribution < 1.29 is 23.5 Å². The van der Waals surface area contributed by atoms with Crippen molar-refractivity contribution in [2.24, 2.45) is 11.8 Å². The van der Waals surface area contributed by atoms with E-state index < -0.39 is 12.0 Å².